The van der Waals surface area contributed by atoms with Crippen LogP contribution in [0.5, 0.6) is 5.75 Å². The van der Waals surface area contributed by atoms with Crippen molar-refractivity contribution in [2.45, 2.75) is 20.1 Å². The highest BCUT2D eigenvalue weighted by Gasteiger charge is 2.07. The van der Waals surface area contributed by atoms with E-state index < -0.39 is 0 Å². The van der Waals surface area contributed by atoms with Gasteiger partial charge in [-0.1, -0.05) is 18.2 Å². The molecule has 112 valence electrons. The zero-order valence-electron chi connectivity index (χ0n) is 12.5. The van der Waals surface area contributed by atoms with Gasteiger partial charge < -0.3 is 14.8 Å². The van der Waals surface area contributed by atoms with Gasteiger partial charge in [0.1, 0.15) is 12.4 Å². The average molecular weight is 287 g/mol. The predicted octanol–water partition coefficient (Wildman–Crippen LogP) is 2.10. The van der Waals surface area contributed by atoms with Gasteiger partial charge in [0, 0.05) is 38.2 Å². The van der Waals surface area contributed by atoms with Gasteiger partial charge in [-0.3, -0.25) is 0 Å². The summed E-state index contributed by atoms with van der Waals surface area (Å²) in [7, 11) is 1.70. The van der Waals surface area contributed by atoms with Crippen molar-refractivity contribution in [1.82, 2.24) is 15.3 Å². The van der Waals surface area contributed by atoms with Crippen LogP contribution >= 0.6 is 0 Å². The largest absolute Gasteiger partial charge is 0.485 e. The molecule has 1 aromatic carbocycles. The second-order valence-corrected chi connectivity index (χ2v) is 4.69. The summed E-state index contributed by atoms with van der Waals surface area (Å²) >= 11 is 0. The quantitative estimate of drug-likeness (QED) is 0.754. The minimum Gasteiger partial charge on any atom is -0.485 e. The molecule has 0 aliphatic heterocycles. The van der Waals surface area contributed by atoms with Gasteiger partial charge in [0.25, 0.3) is 0 Å². The molecule has 0 atom stereocenters. The van der Waals surface area contributed by atoms with E-state index in [-0.39, 0.29) is 0 Å². The molecule has 0 radical (unpaired) electrons. The summed E-state index contributed by atoms with van der Waals surface area (Å²) < 4.78 is 10.9. The van der Waals surface area contributed by atoms with Gasteiger partial charge in [-0.05, 0) is 18.6 Å². The molecule has 0 aliphatic rings. The summed E-state index contributed by atoms with van der Waals surface area (Å²) in [6.07, 6.45) is 3.44. The molecule has 0 unspecified atom stereocenters. The lowest BCUT2D eigenvalue weighted by atomic mass is 10.1. The van der Waals surface area contributed by atoms with E-state index in [4.69, 9.17) is 9.47 Å². The number of nitrogens with zero attached hydrogens (tertiary/aromatic N) is 2. The lowest BCUT2D eigenvalue weighted by Crippen LogP contribution is -2.19. The molecule has 21 heavy (non-hydrogen) atoms. The van der Waals surface area contributed by atoms with Crippen molar-refractivity contribution in [1.29, 1.82) is 0 Å². The van der Waals surface area contributed by atoms with Gasteiger partial charge in [0.2, 0.25) is 0 Å². The van der Waals surface area contributed by atoms with E-state index in [0.29, 0.717) is 19.0 Å². The third-order valence-electron chi connectivity index (χ3n) is 3.06. The van der Waals surface area contributed by atoms with Gasteiger partial charge in [-0.25, -0.2) is 9.97 Å². The average Bonchev–Trinajstić information content (AvgIpc) is 2.52. The molecule has 0 fully saturated rings. The molecule has 0 amide bonds. The van der Waals surface area contributed by atoms with Crippen LogP contribution in [0.3, 0.4) is 0 Å². The summed E-state index contributed by atoms with van der Waals surface area (Å²) in [5.74, 6) is 1.58. The summed E-state index contributed by atoms with van der Waals surface area (Å²) in [6, 6.07) is 7.94. The number of nitrogens with one attached hydrogen (secondary N) is 1. The number of aromatic nitrogens is 2. The van der Waals surface area contributed by atoms with Crippen LogP contribution in [0, 0.1) is 6.92 Å². The van der Waals surface area contributed by atoms with Crippen molar-refractivity contribution < 1.29 is 9.47 Å². The Morgan fingerprint density at radius 2 is 1.95 bits per heavy atom. The number of ether oxygens (including phenoxy) is 2. The standard InChI is InChI=1S/C16H21N3O2/c1-13-5-3-6-14(11-17-9-10-20-2)16(13)21-12-15-18-7-4-8-19-15/h3-8,17H,9-12H2,1-2H3. The van der Waals surface area contributed by atoms with E-state index in [9.17, 15) is 0 Å². The molecule has 1 N–H and O–H groups in total. The summed E-state index contributed by atoms with van der Waals surface area (Å²) in [4.78, 5) is 8.34. The van der Waals surface area contributed by atoms with Crippen LogP contribution in [0.2, 0.25) is 0 Å². The molecule has 0 aliphatic carbocycles. The SMILES string of the molecule is COCCNCc1cccc(C)c1OCc1ncccn1. The highest BCUT2D eigenvalue weighted by Crippen LogP contribution is 2.24. The minimum atomic E-state index is 0.372. The van der Waals surface area contributed by atoms with E-state index in [1.165, 1.54) is 0 Å². The van der Waals surface area contributed by atoms with Crippen LogP contribution in [0.15, 0.2) is 36.7 Å². The van der Waals surface area contributed by atoms with Crippen molar-refractivity contribution in [3.63, 3.8) is 0 Å². The molecule has 0 spiro atoms. The van der Waals surface area contributed by atoms with Crippen molar-refractivity contribution in [3.05, 3.63) is 53.6 Å². The number of hydrogen-bond acceptors (Lipinski definition) is 5. The first kappa shape index (κ1) is 15.4. The molecule has 0 bridgehead atoms. The molecular weight excluding hydrogens is 266 g/mol. The molecule has 1 aromatic heterocycles. The van der Waals surface area contributed by atoms with Crippen molar-refractivity contribution in [2.24, 2.45) is 0 Å². The molecule has 2 rings (SSSR count). The monoisotopic (exact) mass is 287 g/mol. The van der Waals surface area contributed by atoms with E-state index in [1.54, 1.807) is 25.6 Å². The van der Waals surface area contributed by atoms with Crippen molar-refractivity contribution in [2.75, 3.05) is 20.3 Å². The maximum Gasteiger partial charge on any atom is 0.166 e. The third kappa shape index (κ3) is 4.81. The number of benzene rings is 1. The molecule has 5 heteroatoms. The van der Waals surface area contributed by atoms with Gasteiger partial charge >= 0.3 is 0 Å². The molecule has 0 saturated carbocycles. The van der Waals surface area contributed by atoms with Crippen LogP contribution < -0.4 is 10.1 Å². The van der Waals surface area contributed by atoms with Gasteiger partial charge in [0.15, 0.2) is 5.82 Å². The summed E-state index contributed by atoms with van der Waals surface area (Å²) in [6.45, 7) is 4.66. The van der Waals surface area contributed by atoms with Crippen LogP contribution in [0.4, 0.5) is 0 Å². The summed E-state index contributed by atoms with van der Waals surface area (Å²) in [5, 5.41) is 3.33. The fourth-order valence-corrected chi connectivity index (χ4v) is 2.00. The first-order valence-electron chi connectivity index (χ1n) is 6.98. The van der Waals surface area contributed by atoms with E-state index in [2.05, 4.69) is 21.4 Å². The maximum absolute atomic E-state index is 5.91. The van der Waals surface area contributed by atoms with Crippen molar-refractivity contribution >= 4 is 0 Å². The van der Waals surface area contributed by atoms with Crippen LogP contribution in [0.25, 0.3) is 0 Å². The molecule has 1 heterocycles. The first-order valence-corrected chi connectivity index (χ1v) is 6.98. The Balaban J connectivity index is 2.00. The topological polar surface area (TPSA) is 56.3 Å². The zero-order valence-corrected chi connectivity index (χ0v) is 12.5. The van der Waals surface area contributed by atoms with Crippen LogP contribution in [-0.4, -0.2) is 30.2 Å². The lowest BCUT2D eigenvalue weighted by molar-refractivity contribution is 0.199. The lowest BCUT2D eigenvalue weighted by Gasteiger charge is -2.14. The van der Waals surface area contributed by atoms with Gasteiger partial charge in [-0.15, -0.1) is 0 Å². The first-order chi connectivity index (χ1) is 10.3. The predicted molar refractivity (Wildman–Crippen MR) is 81.1 cm³/mol. The Kier molecular flexibility index (Phi) is 6.12. The normalized spacial score (nSPS) is 10.6. The fourth-order valence-electron chi connectivity index (χ4n) is 2.00. The second-order valence-electron chi connectivity index (χ2n) is 4.69. The number of aryl methyl sites for hydroxylation is 1. The highest BCUT2D eigenvalue weighted by atomic mass is 16.5. The number of para-hydroxylation sites is 1. The highest BCUT2D eigenvalue weighted by molar-refractivity contribution is 5.40. The number of methoxy groups -OCH3 is 1. The second kappa shape index (κ2) is 8.34. The van der Waals surface area contributed by atoms with E-state index in [0.717, 1.165) is 30.0 Å². The minimum absolute atomic E-state index is 0.372. The maximum atomic E-state index is 5.91. The third-order valence-corrected chi connectivity index (χ3v) is 3.06. The Morgan fingerprint density at radius 1 is 1.14 bits per heavy atom. The fraction of sp³-hybridized carbons (Fsp3) is 0.375. The Morgan fingerprint density at radius 3 is 2.71 bits per heavy atom. The summed E-state index contributed by atoms with van der Waals surface area (Å²) in [5.41, 5.74) is 2.24. The number of hydrogen-bond donors (Lipinski definition) is 1. The molecule has 5 nitrogen and oxygen atoms in total. The number of rotatable bonds is 8. The molecular formula is C16H21N3O2. The van der Waals surface area contributed by atoms with E-state index >= 15 is 0 Å². The van der Waals surface area contributed by atoms with E-state index in [1.807, 2.05) is 19.1 Å². The molecule has 2 aromatic rings. The van der Waals surface area contributed by atoms with Crippen molar-refractivity contribution in [3.8, 4) is 5.75 Å². The van der Waals surface area contributed by atoms with Gasteiger partial charge in [-0.2, -0.15) is 0 Å². The van der Waals surface area contributed by atoms with Gasteiger partial charge in [0.05, 0.1) is 6.61 Å². The smallest absolute Gasteiger partial charge is 0.166 e. The Bertz CT molecular complexity index is 546. The Labute approximate surface area is 125 Å². The zero-order chi connectivity index (χ0) is 14.9. The van der Waals surface area contributed by atoms with Crippen LogP contribution in [0.1, 0.15) is 17.0 Å². The molecule has 0 saturated heterocycles. The Hall–Kier alpha value is -1.98. The van der Waals surface area contributed by atoms with Crippen LogP contribution in [-0.2, 0) is 17.9 Å².